The number of amides is 1. The molecular formula is C26H26FN3O4S. The number of likely N-dealkylation sites (N-methyl/N-ethyl adjacent to an activating group) is 1. The van der Waals surface area contributed by atoms with Crippen LogP contribution in [0.4, 0.5) is 10.1 Å². The van der Waals surface area contributed by atoms with Crippen molar-refractivity contribution >= 4 is 32.6 Å². The summed E-state index contributed by atoms with van der Waals surface area (Å²) in [5.41, 5.74) is 3.02. The van der Waals surface area contributed by atoms with Gasteiger partial charge in [0.2, 0.25) is 10.0 Å². The van der Waals surface area contributed by atoms with E-state index in [0.29, 0.717) is 39.9 Å². The standard InChI is InChI=1S/C26H26FN3O4S/c1-28-13-14-30(35(3,32)33)22-16-23-21(15-20(22)17-7-5-4-6-8-17)24(26(31)29-2)25(34-23)18-9-11-19(27)12-10-18/h4-12,15-16,28H,13-14H2,1-3H3,(H,29,31). The summed E-state index contributed by atoms with van der Waals surface area (Å²) in [4.78, 5) is 13.0. The van der Waals surface area contributed by atoms with Crippen LogP contribution in [0.1, 0.15) is 10.4 Å². The smallest absolute Gasteiger partial charge is 0.255 e. The van der Waals surface area contributed by atoms with Crippen molar-refractivity contribution in [2.75, 3.05) is 37.7 Å². The van der Waals surface area contributed by atoms with Gasteiger partial charge in [0, 0.05) is 42.7 Å². The van der Waals surface area contributed by atoms with E-state index in [1.54, 1.807) is 19.2 Å². The van der Waals surface area contributed by atoms with E-state index in [0.717, 1.165) is 11.8 Å². The molecule has 0 aliphatic heterocycles. The Morgan fingerprint density at radius 3 is 2.29 bits per heavy atom. The van der Waals surface area contributed by atoms with Crippen molar-refractivity contribution in [2.24, 2.45) is 0 Å². The molecule has 0 aliphatic rings. The Morgan fingerprint density at radius 1 is 1.00 bits per heavy atom. The molecule has 1 heterocycles. The summed E-state index contributed by atoms with van der Waals surface area (Å²) in [6.07, 6.45) is 1.16. The lowest BCUT2D eigenvalue weighted by molar-refractivity contribution is 0.0964. The van der Waals surface area contributed by atoms with Gasteiger partial charge >= 0.3 is 0 Å². The Labute approximate surface area is 203 Å². The molecule has 0 radical (unpaired) electrons. The number of sulfonamides is 1. The average molecular weight is 496 g/mol. The molecular weight excluding hydrogens is 469 g/mol. The molecule has 0 saturated heterocycles. The lowest BCUT2D eigenvalue weighted by Crippen LogP contribution is -2.35. The molecule has 7 nitrogen and oxygen atoms in total. The summed E-state index contributed by atoms with van der Waals surface area (Å²) in [6, 6.07) is 18.4. The first-order valence-corrected chi connectivity index (χ1v) is 12.9. The van der Waals surface area contributed by atoms with Gasteiger partial charge in [-0.25, -0.2) is 12.8 Å². The zero-order valence-corrected chi connectivity index (χ0v) is 20.4. The van der Waals surface area contributed by atoms with Crippen LogP contribution in [0.5, 0.6) is 0 Å². The lowest BCUT2D eigenvalue weighted by Gasteiger charge is -2.25. The number of halogens is 1. The predicted molar refractivity (Wildman–Crippen MR) is 137 cm³/mol. The molecule has 9 heteroatoms. The fourth-order valence-electron chi connectivity index (χ4n) is 4.02. The Balaban J connectivity index is 2.06. The van der Waals surface area contributed by atoms with Crippen molar-refractivity contribution in [2.45, 2.75) is 0 Å². The van der Waals surface area contributed by atoms with Crippen molar-refractivity contribution in [1.29, 1.82) is 0 Å². The van der Waals surface area contributed by atoms with Gasteiger partial charge in [-0.2, -0.15) is 0 Å². The van der Waals surface area contributed by atoms with Crippen LogP contribution < -0.4 is 14.9 Å². The van der Waals surface area contributed by atoms with Crippen LogP contribution >= 0.6 is 0 Å². The number of hydrogen-bond acceptors (Lipinski definition) is 5. The minimum atomic E-state index is -3.64. The number of anilines is 1. The summed E-state index contributed by atoms with van der Waals surface area (Å²) in [6.45, 7) is 0.635. The highest BCUT2D eigenvalue weighted by Gasteiger charge is 2.27. The number of fused-ring (bicyclic) bond motifs is 1. The predicted octanol–water partition coefficient (Wildman–Crippen LogP) is 4.25. The van der Waals surface area contributed by atoms with Gasteiger partial charge < -0.3 is 15.1 Å². The van der Waals surface area contributed by atoms with Gasteiger partial charge in [-0.1, -0.05) is 30.3 Å². The summed E-state index contributed by atoms with van der Waals surface area (Å²) < 4.78 is 46.6. The molecule has 182 valence electrons. The van der Waals surface area contributed by atoms with E-state index in [2.05, 4.69) is 10.6 Å². The number of carbonyl (C=O) groups excluding carboxylic acids is 1. The normalized spacial score (nSPS) is 11.5. The van der Waals surface area contributed by atoms with E-state index < -0.39 is 15.8 Å². The second-order valence-electron chi connectivity index (χ2n) is 8.06. The average Bonchev–Trinajstić information content (AvgIpc) is 3.22. The van der Waals surface area contributed by atoms with Gasteiger partial charge in [0.15, 0.2) is 0 Å². The number of nitrogens with zero attached hydrogens (tertiary/aromatic N) is 1. The van der Waals surface area contributed by atoms with Crippen LogP contribution in [-0.4, -0.2) is 47.8 Å². The topological polar surface area (TPSA) is 91.7 Å². The SMILES string of the molecule is CNCCN(c1cc2oc(-c3ccc(F)cc3)c(C(=O)NC)c2cc1-c1ccccc1)S(C)(=O)=O. The second-order valence-corrected chi connectivity index (χ2v) is 9.97. The molecule has 35 heavy (non-hydrogen) atoms. The van der Waals surface area contributed by atoms with E-state index in [9.17, 15) is 17.6 Å². The highest BCUT2D eigenvalue weighted by molar-refractivity contribution is 7.92. The third-order valence-corrected chi connectivity index (χ3v) is 6.87. The Kier molecular flexibility index (Phi) is 6.90. The highest BCUT2D eigenvalue weighted by atomic mass is 32.2. The largest absolute Gasteiger partial charge is 0.455 e. The number of nitrogens with one attached hydrogen (secondary N) is 2. The molecule has 0 saturated carbocycles. The molecule has 0 bridgehead atoms. The molecule has 1 aromatic heterocycles. The first-order valence-electron chi connectivity index (χ1n) is 11.0. The Morgan fingerprint density at radius 2 is 1.69 bits per heavy atom. The molecule has 4 aromatic rings. The van der Waals surface area contributed by atoms with Gasteiger partial charge in [0.05, 0.1) is 17.5 Å². The molecule has 4 rings (SSSR count). The number of carbonyl (C=O) groups is 1. The molecule has 0 atom stereocenters. The molecule has 1 amide bonds. The van der Waals surface area contributed by atoms with Crippen LogP contribution in [0.15, 0.2) is 71.1 Å². The van der Waals surface area contributed by atoms with Gasteiger partial charge in [-0.15, -0.1) is 0 Å². The molecule has 0 unspecified atom stereocenters. The quantitative estimate of drug-likeness (QED) is 0.381. The van der Waals surface area contributed by atoms with Crippen molar-refractivity contribution in [3.05, 3.63) is 78.1 Å². The van der Waals surface area contributed by atoms with Gasteiger partial charge in [0.25, 0.3) is 5.91 Å². The third-order valence-electron chi connectivity index (χ3n) is 5.69. The fourth-order valence-corrected chi connectivity index (χ4v) is 4.95. The minimum Gasteiger partial charge on any atom is -0.455 e. The van der Waals surface area contributed by atoms with Gasteiger partial charge in [-0.3, -0.25) is 9.10 Å². The van der Waals surface area contributed by atoms with Crippen molar-refractivity contribution in [3.8, 4) is 22.5 Å². The monoisotopic (exact) mass is 495 g/mol. The number of furan rings is 1. The molecule has 0 aliphatic carbocycles. The van der Waals surface area contributed by atoms with Crippen molar-refractivity contribution in [3.63, 3.8) is 0 Å². The molecule has 0 spiro atoms. The Bertz CT molecular complexity index is 1470. The maximum Gasteiger partial charge on any atom is 0.255 e. The van der Waals surface area contributed by atoms with E-state index >= 15 is 0 Å². The zero-order valence-electron chi connectivity index (χ0n) is 19.6. The first kappa shape index (κ1) is 24.4. The Hall–Kier alpha value is -3.69. The lowest BCUT2D eigenvalue weighted by atomic mass is 9.98. The first-order chi connectivity index (χ1) is 16.7. The van der Waals surface area contributed by atoms with Crippen molar-refractivity contribution < 1.29 is 22.0 Å². The van der Waals surface area contributed by atoms with Crippen LogP contribution in [0.25, 0.3) is 33.4 Å². The van der Waals surface area contributed by atoms with E-state index in [1.165, 1.54) is 35.6 Å². The van der Waals surface area contributed by atoms with Crippen LogP contribution in [0.2, 0.25) is 0 Å². The number of rotatable bonds is 8. The second kappa shape index (κ2) is 9.89. The fraction of sp³-hybridized carbons (Fsp3) is 0.192. The summed E-state index contributed by atoms with van der Waals surface area (Å²) in [5, 5.41) is 6.15. The van der Waals surface area contributed by atoms with E-state index in [1.807, 2.05) is 30.3 Å². The minimum absolute atomic E-state index is 0.203. The summed E-state index contributed by atoms with van der Waals surface area (Å²) in [7, 11) is -0.372. The molecule has 3 aromatic carbocycles. The van der Waals surface area contributed by atoms with Crippen LogP contribution in [0, 0.1) is 5.82 Å². The third kappa shape index (κ3) is 4.91. The molecule has 2 N–H and O–H groups in total. The van der Waals surface area contributed by atoms with E-state index in [-0.39, 0.29) is 18.2 Å². The zero-order chi connectivity index (χ0) is 25.2. The summed E-state index contributed by atoms with van der Waals surface area (Å²) in [5.74, 6) is -0.505. The summed E-state index contributed by atoms with van der Waals surface area (Å²) >= 11 is 0. The number of benzene rings is 3. The van der Waals surface area contributed by atoms with Gasteiger partial charge in [0.1, 0.15) is 17.2 Å². The maximum atomic E-state index is 13.6. The molecule has 0 fully saturated rings. The number of hydrogen-bond donors (Lipinski definition) is 2. The maximum absolute atomic E-state index is 13.6. The highest BCUT2D eigenvalue weighted by Crippen LogP contribution is 2.41. The van der Waals surface area contributed by atoms with Crippen LogP contribution in [0.3, 0.4) is 0 Å². The van der Waals surface area contributed by atoms with Gasteiger partial charge in [-0.05, 0) is 42.9 Å². The van der Waals surface area contributed by atoms with Crippen LogP contribution in [-0.2, 0) is 10.0 Å². The van der Waals surface area contributed by atoms with E-state index in [4.69, 9.17) is 4.42 Å². The van der Waals surface area contributed by atoms with Crippen molar-refractivity contribution in [1.82, 2.24) is 10.6 Å².